The van der Waals surface area contributed by atoms with E-state index >= 15 is 0 Å². The van der Waals surface area contributed by atoms with Crippen LogP contribution in [-0.2, 0) is 37.3 Å². The minimum Gasteiger partial charge on any atom is -0.507 e. The molecule has 1 N–H and O–H groups in total. The summed E-state index contributed by atoms with van der Waals surface area (Å²) in [6.45, 7) is 24.8. The summed E-state index contributed by atoms with van der Waals surface area (Å²) in [5, 5.41) is 13.5. The predicted octanol–water partition coefficient (Wildman–Crippen LogP) is 12.0. The van der Waals surface area contributed by atoms with Crippen LogP contribution in [0.3, 0.4) is 0 Å². The van der Waals surface area contributed by atoms with Gasteiger partial charge in [-0.25, -0.2) is 4.98 Å². The molecule has 51 heavy (non-hydrogen) atoms. The van der Waals surface area contributed by atoms with Crippen molar-refractivity contribution in [3.05, 3.63) is 119 Å². The Labute approximate surface area is 317 Å². The summed E-state index contributed by atoms with van der Waals surface area (Å²) in [5.74, 6) is 0.206. The average molecular weight is 854 g/mol. The van der Waals surface area contributed by atoms with E-state index in [1.165, 1.54) is 27.8 Å². The zero-order valence-corrected chi connectivity index (χ0v) is 34.0. The van der Waals surface area contributed by atoms with Gasteiger partial charge in [-0.05, 0) is 77.1 Å². The Morgan fingerprint density at radius 1 is 0.647 bits per heavy atom. The Hall–Kier alpha value is -4.27. The van der Waals surface area contributed by atoms with E-state index in [1.54, 1.807) is 6.07 Å². The minimum absolute atomic E-state index is 0. The Bertz CT molecular complexity index is 2450. The minimum atomic E-state index is -0.155. The van der Waals surface area contributed by atoms with Crippen LogP contribution in [-0.4, -0.2) is 19.5 Å². The average Bonchev–Trinajstić information content (AvgIpc) is 3.46. The van der Waals surface area contributed by atoms with Crippen molar-refractivity contribution in [1.82, 2.24) is 14.4 Å². The molecule has 0 saturated heterocycles. The molecule has 0 aliphatic heterocycles. The van der Waals surface area contributed by atoms with E-state index in [0.717, 1.165) is 55.7 Å². The summed E-state index contributed by atoms with van der Waals surface area (Å²) >= 11 is 0. The number of nitrogens with zero attached hydrogens (tertiary/aromatic N) is 3. The standard InChI is InChI=1S/C46H48N3O.Pt/c1-27-28(2)49-39-19-15-18-33(42(39)48-43(49)35-23-31(44(3,4)5)24-36(41(27)35)46(9,10)11)37-25-32(45(6,7)8)26-38(47-37)34-22-30(20-21-40(34)50)29-16-13-12-14-17-29;/h12-22,24-26,50H,1-11H3;/q-1;. The quantitative estimate of drug-likeness (QED) is 0.180. The van der Waals surface area contributed by atoms with E-state index < -0.39 is 0 Å². The first-order chi connectivity index (χ1) is 23.4. The number of hydrogen-bond acceptors (Lipinski definition) is 3. The van der Waals surface area contributed by atoms with Gasteiger partial charge in [0.25, 0.3) is 0 Å². The number of phenols is 1. The van der Waals surface area contributed by atoms with E-state index in [-0.39, 0.29) is 43.1 Å². The monoisotopic (exact) mass is 853 g/mol. The first-order valence-corrected chi connectivity index (χ1v) is 17.7. The van der Waals surface area contributed by atoms with Crippen LogP contribution in [0.4, 0.5) is 0 Å². The number of hydrogen-bond donors (Lipinski definition) is 1. The SMILES string of the molecule is Cc1c(C)n2c3cccc(-c4cc(C(C)(C)C)cc(-c5cc(-c6ccccc6)ccc5O)n4)c3nc2c2[c-]c(C(C)(C)C)cc(C(C)(C)C)c12.[Pt]. The van der Waals surface area contributed by atoms with Crippen molar-refractivity contribution in [3.63, 3.8) is 0 Å². The molecule has 5 heteroatoms. The van der Waals surface area contributed by atoms with E-state index in [9.17, 15) is 5.11 Å². The smallest absolute Gasteiger partial charge is 0.125 e. The molecule has 0 atom stereocenters. The van der Waals surface area contributed by atoms with Crippen molar-refractivity contribution < 1.29 is 26.2 Å². The molecule has 3 aromatic heterocycles. The second-order valence-corrected chi connectivity index (χ2v) is 17.0. The molecule has 0 unspecified atom stereocenters. The van der Waals surface area contributed by atoms with Crippen molar-refractivity contribution in [1.29, 1.82) is 0 Å². The Morgan fingerprint density at radius 3 is 1.94 bits per heavy atom. The predicted molar refractivity (Wildman–Crippen MR) is 210 cm³/mol. The number of aromatic hydroxyl groups is 1. The van der Waals surface area contributed by atoms with Gasteiger partial charge in [0.15, 0.2) is 0 Å². The third-order valence-electron chi connectivity index (χ3n) is 10.2. The third kappa shape index (κ3) is 6.42. The summed E-state index contributed by atoms with van der Waals surface area (Å²) in [7, 11) is 0. The summed E-state index contributed by atoms with van der Waals surface area (Å²) in [5.41, 5.74) is 14.0. The van der Waals surface area contributed by atoms with Crippen molar-refractivity contribution in [3.8, 4) is 39.4 Å². The van der Waals surface area contributed by atoms with Crippen LogP contribution >= 0.6 is 0 Å². The van der Waals surface area contributed by atoms with Crippen LogP contribution in [0.25, 0.3) is 61.1 Å². The molecule has 0 amide bonds. The second-order valence-electron chi connectivity index (χ2n) is 17.0. The van der Waals surface area contributed by atoms with Gasteiger partial charge >= 0.3 is 0 Å². The van der Waals surface area contributed by atoms with E-state index in [0.29, 0.717) is 5.56 Å². The summed E-state index contributed by atoms with van der Waals surface area (Å²) in [6.07, 6.45) is 0. The maximum atomic E-state index is 11.2. The van der Waals surface area contributed by atoms with Gasteiger partial charge < -0.3 is 9.51 Å². The van der Waals surface area contributed by atoms with Gasteiger partial charge in [-0.1, -0.05) is 127 Å². The molecule has 0 aliphatic rings. The molecule has 4 aromatic carbocycles. The maximum Gasteiger partial charge on any atom is 0.125 e. The third-order valence-corrected chi connectivity index (χ3v) is 10.2. The van der Waals surface area contributed by atoms with Gasteiger partial charge in [0, 0.05) is 37.9 Å². The van der Waals surface area contributed by atoms with Crippen LogP contribution in [0.2, 0.25) is 0 Å². The van der Waals surface area contributed by atoms with E-state index in [1.807, 2.05) is 30.3 Å². The normalized spacial score (nSPS) is 12.5. The van der Waals surface area contributed by atoms with Crippen LogP contribution < -0.4 is 0 Å². The van der Waals surface area contributed by atoms with Crippen molar-refractivity contribution >= 4 is 27.5 Å². The number of imidazole rings is 1. The molecule has 0 aliphatic carbocycles. The van der Waals surface area contributed by atoms with Crippen LogP contribution in [0.15, 0.2) is 84.9 Å². The fourth-order valence-electron chi connectivity index (χ4n) is 7.09. The van der Waals surface area contributed by atoms with Crippen molar-refractivity contribution in [2.45, 2.75) is 92.4 Å². The first kappa shape index (κ1) is 36.5. The number of fused-ring (bicyclic) bond motifs is 5. The molecule has 264 valence electrons. The summed E-state index contributed by atoms with van der Waals surface area (Å²) in [6, 6.07) is 33.0. The number of phenolic OH excluding ortho intramolecular Hbond substituents is 1. The largest absolute Gasteiger partial charge is 0.507 e. The molecular weight excluding hydrogens is 806 g/mol. The van der Waals surface area contributed by atoms with Crippen molar-refractivity contribution in [2.24, 2.45) is 0 Å². The topological polar surface area (TPSA) is 50.4 Å². The number of pyridine rings is 2. The van der Waals surface area contributed by atoms with Crippen LogP contribution in [0.5, 0.6) is 5.75 Å². The molecule has 3 heterocycles. The Balaban J connectivity index is 0.00000448. The van der Waals surface area contributed by atoms with Gasteiger partial charge in [-0.3, -0.25) is 4.98 Å². The fourth-order valence-corrected chi connectivity index (χ4v) is 7.09. The van der Waals surface area contributed by atoms with E-state index in [2.05, 4.69) is 135 Å². The summed E-state index contributed by atoms with van der Waals surface area (Å²) < 4.78 is 2.32. The zero-order chi connectivity index (χ0) is 35.9. The fraction of sp³-hybridized carbons (Fsp3) is 0.304. The molecular formula is C46H48N3OPt-. The molecule has 7 rings (SSSR count). The molecule has 0 saturated carbocycles. The van der Waals surface area contributed by atoms with Crippen LogP contribution in [0, 0.1) is 19.9 Å². The van der Waals surface area contributed by atoms with Gasteiger partial charge in [0.2, 0.25) is 0 Å². The molecule has 0 spiro atoms. The van der Waals surface area contributed by atoms with Gasteiger partial charge in [0.1, 0.15) is 5.75 Å². The number of aromatic nitrogens is 3. The van der Waals surface area contributed by atoms with Crippen molar-refractivity contribution in [2.75, 3.05) is 0 Å². The summed E-state index contributed by atoms with van der Waals surface area (Å²) in [4.78, 5) is 10.8. The number of rotatable bonds is 3. The number of aryl methyl sites for hydroxylation is 2. The zero-order valence-electron chi connectivity index (χ0n) is 31.7. The molecule has 4 nitrogen and oxygen atoms in total. The number of benzene rings is 4. The van der Waals surface area contributed by atoms with Gasteiger partial charge in [-0.2, -0.15) is 0 Å². The molecule has 0 radical (unpaired) electrons. The van der Waals surface area contributed by atoms with Crippen LogP contribution in [0.1, 0.15) is 90.3 Å². The Morgan fingerprint density at radius 2 is 1.31 bits per heavy atom. The van der Waals surface area contributed by atoms with Gasteiger partial charge in [0.05, 0.1) is 28.1 Å². The molecule has 0 fully saturated rings. The second kappa shape index (κ2) is 12.7. The Kier molecular flexibility index (Phi) is 9.12. The maximum absolute atomic E-state index is 11.2. The molecule has 0 bridgehead atoms. The first-order valence-electron chi connectivity index (χ1n) is 17.7. The van der Waals surface area contributed by atoms with E-state index in [4.69, 9.17) is 9.97 Å². The van der Waals surface area contributed by atoms with Gasteiger partial charge in [-0.15, -0.1) is 23.3 Å². The molecule has 7 aromatic rings. The number of para-hydroxylation sites is 1.